The fourth-order valence-corrected chi connectivity index (χ4v) is 3.73. The number of anilines is 2. The van der Waals surface area contributed by atoms with Gasteiger partial charge in [-0.25, -0.2) is 19.7 Å². The SMILES string of the molecule is COCCOc1ncc(NC(=O)Nc2cnc3sc(C)nc3c2[C@@H](C)OC)cc1Cl. The number of amides is 2. The summed E-state index contributed by atoms with van der Waals surface area (Å²) in [5, 5.41) is 6.67. The second-order valence-corrected chi connectivity index (χ2v) is 7.87. The number of hydrogen-bond donors (Lipinski definition) is 2. The Hall–Kier alpha value is -2.53. The molecule has 3 aromatic rings. The molecule has 160 valence electrons. The minimum atomic E-state index is -0.474. The summed E-state index contributed by atoms with van der Waals surface area (Å²) in [6, 6.07) is 1.08. The van der Waals surface area contributed by atoms with Crippen molar-refractivity contribution in [1.82, 2.24) is 15.0 Å². The van der Waals surface area contributed by atoms with Crippen molar-refractivity contribution >= 4 is 50.7 Å². The maximum absolute atomic E-state index is 12.6. The van der Waals surface area contributed by atoms with Crippen molar-refractivity contribution in [2.75, 3.05) is 38.1 Å². The third-order valence-corrected chi connectivity index (χ3v) is 5.32. The van der Waals surface area contributed by atoms with Crippen molar-refractivity contribution in [1.29, 1.82) is 0 Å². The molecule has 11 heteroatoms. The van der Waals surface area contributed by atoms with Gasteiger partial charge in [-0.2, -0.15) is 0 Å². The third kappa shape index (κ3) is 5.14. The zero-order valence-electron chi connectivity index (χ0n) is 17.0. The van der Waals surface area contributed by atoms with Crippen LogP contribution in [0, 0.1) is 6.92 Å². The summed E-state index contributed by atoms with van der Waals surface area (Å²) < 4.78 is 15.8. The monoisotopic (exact) mass is 451 g/mol. The van der Waals surface area contributed by atoms with Crippen LogP contribution in [0.5, 0.6) is 5.88 Å². The van der Waals surface area contributed by atoms with E-state index in [1.54, 1.807) is 26.5 Å². The van der Waals surface area contributed by atoms with Crippen LogP contribution in [0.25, 0.3) is 10.3 Å². The van der Waals surface area contributed by atoms with Crippen molar-refractivity contribution < 1.29 is 19.0 Å². The Balaban J connectivity index is 1.76. The molecule has 0 radical (unpaired) electrons. The van der Waals surface area contributed by atoms with Gasteiger partial charge in [0.15, 0.2) is 0 Å². The summed E-state index contributed by atoms with van der Waals surface area (Å²) in [5.74, 6) is 0.268. The number of aromatic nitrogens is 3. The summed E-state index contributed by atoms with van der Waals surface area (Å²) in [6.45, 7) is 4.54. The van der Waals surface area contributed by atoms with Gasteiger partial charge in [0.25, 0.3) is 0 Å². The zero-order valence-corrected chi connectivity index (χ0v) is 18.6. The number of urea groups is 1. The Labute approximate surface area is 182 Å². The van der Waals surface area contributed by atoms with Crippen molar-refractivity contribution in [2.45, 2.75) is 20.0 Å². The van der Waals surface area contributed by atoms with E-state index in [4.69, 9.17) is 25.8 Å². The molecule has 1 atom stereocenters. The van der Waals surface area contributed by atoms with Gasteiger partial charge < -0.3 is 24.8 Å². The van der Waals surface area contributed by atoms with E-state index in [0.717, 1.165) is 15.4 Å². The van der Waals surface area contributed by atoms with Crippen LogP contribution in [0.1, 0.15) is 23.6 Å². The lowest BCUT2D eigenvalue weighted by molar-refractivity contribution is 0.121. The van der Waals surface area contributed by atoms with Gasteiger partial charge in [-0.1, -0.05) is 22.9 Å². The lowest BCUT2D eigenvalue weighted by atomic mass is 10.1. The van der Waals surface area contributed by atoms with Crippen LogP contribution in [0.15, 0.2) is 18.5 Å². The van der Waals surface area contributed by atoms with Crippen LogP contribution in [0.3, 0.4) is 0 Å². The first kappa shape index (κ1) is 22.2. The molecule has 0 aliphatic heterocycles. The van der Waals surface area contributed by atoms with Crippen LogP contribution >= 0.6 is 22.9 Å². The molecule has 0 aliphatic carbocycles. The first-order valence-corrected chi connectivity index (χ1v) is 10.3. The molecule has 0 aliphatic rings. The van der Waals surface area contributed by atoms with E-state index in [1.807, 2.05) is 13.8 Å². The molecule has 0 fully saturated rings. The molecule has 0 saturated carbocycles. The summed E-state index contributed by atoms with van der Waals surface area (Å²) in [6.07, 6.45) is 2.77. The number of hydrogen-bond acceptors (Lipinski definition) is 8. The molecule has 3 aromatic heterocycles. The Morgan fingerprint density at radius 2 is 2.03 bits per heavy atom. The number of aryl methyl sites for hydroxylation is 1. The molecule has 3 heterocycles. The number of nitrogens with zero attached hydrogens (tertiary/aromatic N) is 3. The van der Waals surface area contributed by atoms with Crippen LogP contribution < -0.4 is 15.4 Å². The predicted octanol–water partition coefficient (Wildman–Crippen LogP) is 4.42. The molecule has 0 bridgehead atoms. The lowest BCUT2D eigenvalue weighted by Crippen LogP contribution is -2.21. The van der Waals surface area contributed by atoms with Crippen molar-refractivity contribution in [3.05, 3.63) is 34.1 Å². The molecule has 0 spiro atoms. The third-order valence-electron chi connectivity index (χ3n) is 4.17. The van der Waals surface area contributed by atoms with Crippen molar-refractivity contribution in [3.63, 3.8) is 0 Å². The number of methoxy groups -OCH3 is 2. The fraction of sp³-hybridized carbons (Fsp3) is 0.368. The van der Waals surface area contributed by atoms with Gasteiger partial charge >= 0.3 is 6.03 Å². The average Bonchev–Trinajstić information content (AvgIpc) is 3.09. The molecule has 2 N–H and O–H groups in total. The molecule has 3 rings (SSSR count). The first-order chi connectivity index (χ1) is 14.4. The predicted molar refractivity (Wildman–Crippen MR) is 117 cm³/mol. The molecule has 0 unspecified atom stereocenters. The van der Waals surface area contributed by atoms with Crippen molar-refractivity contribution in [3.8, 4) is 5.88 Å². The quantitative estimate of drug-likeness (QED) is 0.488. The standard InChI is InChI=1S/C19H22ClN5O4S/c1-10(28-4)15-14(9-22-18-16(15)23-11(2)30-18)25-19(26)24-12-7-13(20)17(21-8-12)29-6-5-27-3/h7-10H,5-6H2,1-4H3,(H2,24,25,26)/t10-/m1/s1. The van der Waals surface area contributed by atoms with E-state index >= 15 is 0 Å². The summed E-state index contributed by atoms with van der Waals surface area (Å²) >= 11 is 7.66. The van der Waals surface area contributed by atoms with Crippen LogP contribution in [0.4, 0.5) is 16.2 Å². The van der Waals surface area contributed by atoms with E-state index in [0.29, 0.717) is 30.1 Å². The Kier molecular flexibility index (Phi) is 7.38. The minimum absolute atomic E-state index is 0.268. The van der Waals surface area contributed by atoms with E-state index in [9.17, 15) is 4.79 Å². The molecule has 30 heavy (non-hydrogen) atoms. The fourth-order valence-electron chi connectivity index (χ4n) is 2.73. The average molecular weight is 452 g/mol. The van der Waals surface area contributed by atoms with E-state index in [2.05, 4.69) is 25.6 Å². The number of halogens is 1. The van der Waals surface area contributed by atoms with Gasteiger partial charge in [-0.05, 0) is 19.9 Å². The molecule has 0 aromatic carbocycles. The van der Waals surface area contributed by atoms with Gasteiger partial charge in [0.05, 0.1) is 41.5 Å². The Bertz CT molecular complexity index is 1050. The van der Waals surface area contributed by atoms with Gasteiger partial charge in [-0.3, -0.25) is 0 Å². The molecule has 0 saturated heterocycles. The highest BCUT2D eigenvalue weighted by atomic mass is 35.5. The van der Waals surface area contributed by atoms with Gasteiger partial charge in [-0.15, -0.1) is 0 Å². The Morgan fingerprint density at radius 3 is 2.73 bits per heavy atom. The van der Waals surface area contributed by atoms with E-state index < -0.39 is 6.03 Å². The zero-order chi connectivity index (χ0) is 21.7. The number of thiazole rings is 1. The highest BCUT2D eigenvalue weighted by Gasteiger charge is 2.20. The highest BCUT2D eigenvalue weighted by Crippen LogP contribution is 2.33. The topological polar surface area (TPSA) is 107 Å². The molecular formula is C19H22ClN5O4S. The van der Waals surface area contributed by atoms with Crippen LogP contribution in [-0.2, 0) is 9.47 Å². The maximum Gasteiger partial charge on any atom is 0.323 e. The highest BCUT2D eigenvalue weighted by molar-refractivity contribution is 7.18. The van der Waals surface area contributed by atoms with Gasteiger partial charge in [0.2, 0.25) is 5.88 Å². The number of fused-ring (bicyclic) bond motifs is 1. The molecule has 9 nitrogen and oxygen atoms in total. The first-order valence-electron chi connectivity index (χ1n) is 9.07. The van der Waals surface area contributed by atoms with E-state index in [-0.39, 0.29) is 17.0 Å². The van der Waals surface area contributed by atoms with E-state index in [1.165, 1.54) is 17.5 Å². The Morgan fingerprint density at radius 1 is 1.23 bits per heavy atom. The van der Waals surface area contributed by atoms with Crippen molar-refractivity contribution in [2.24, 2.45) is 0 Å². The number of pyridine rings is 2. The maximum atomic E-state index is 12.6. The number of carbonyl (C=O) groups is 1. The normalized spacial score (nSPS) is 12.0. The summed E-state index contributed by atoms with van der Waals surface area (Å²) in [5.41, 5.74) is 2.40. The minimum Gasteiger partial charge on any atom is -0.474 e. The van der Waals surface area contributed by atoms with Gasteiger partial charge in [0.1, 0.15) is 22.0 Å². The molecular weight excluding hydrogens is 430 g/mol. The molecule has 2 amide bonds. The number of rotatable bonds is 8. The second kappa shape index (κ2) is 9.98. The lowest BCUT2D eigenvalue weighted by Gasteiger charge is -2.16. The number of carbonyl (C=O) groups excluding carboxylic acids is 1. The van der Waals surface area contributed by atoms with Crippen LogP contribution in [-0.4, -0.2) is 48.4 Å². The second-order valence-electron chi connectivity index (χ2n) is 6.28. The largest absolute Gasteiger partial charge is 0.474 e. The van der Waals surface area contributed by atoms with Crippen LogP contribution in [0.2, 0.25) is 5.02 Å². The number of nitrogens with one attached hydrogen (secondary N) is 2. The summed E-state index contributed by atoms with van der Waals surface area (Å²) in [7, 11) is 3.18. The smallest absolute Gasteiger partial charge is 0.323 e. The summed E-state index contributed by atoms with van der Waals surface area (Å²) in [4.78, 5) is 26.4. The van der Waals surface area contributed by atoms with Gasteiger partial charge in [0, 0.05) is 19.8 Å². The number of ether oxygens (including phenoxy) is 3.